The molecule has 114 valence electrons. The molecule has 0 amide bonds. The molecule has 0 unspecified atom stereocenters. The fraction of sp³-hybridized carbons (Fsp3) is 0.538. The molecule has 5 nitrogen and oxygen atoms in total. The standard InChI is InChI=1S/C13H22FN3O2S/c1-11(2)10-16-20(18,19)17(9-3-8-15)13-6-4-12(14)5-7-13/h4-7,11,16H,3,8-10,15H2,1-2H3. The maximum Gasteiger partial charge on any atom is 0.301 e. The van der Waals surface area contributed by atoms with E-state index in [-0.39, 0.29) is 12.5 Å². The van der Waals surface area contributed by atoms with Crippen LogP contribution in [0, 0.1) is 11.7 Å². The molecule has 1 aromatic rings. The van der Waals surface area contributed by atoms with Gasteiger partial charge in [-0.1, -0.05) is 13.8 Å². The number of hydrogen-bond acceptors (Lipinski definition) is 3. The summed E-state index contributed by atoms with van der Waals surface area (Å²) in [5, 5.41) is 0. The van der Waals surface area contributed by atoms with E-state index in [1.54, 1.807) is 0 Å². The van der Waals surface area contributed by atoms with Crippen molar-refractivity contribution in [3.63, 3.8) is 0 Å². The van der Waals surface area contributed by atoms with Gasteiger partial charge in [0.1, 0.15) is 5.82 Å². The molecule has 3 N–H and O–H groups in total. The lowest BCUT2D eigenvalue weighted by atomic mass is 10.2. The van der Waals surface area contributed by atoms with E-state index in [0.717, 1.165) is 0 Å². The molecule has 1 aromatic carbocycles. The van der Waals surface area contributed by atoms with Crippen LogP contribution >= 0.6 is 0 Å². The topological polar surface area (TPSA) is 75.4 Å². The quantitative estimate of drug-likeness (QED) is 0.763. The van der Waals surface area contributed by atoms with Crippen molar-refractivity contribution >= 4 is 15.9 Å². The number of benzene rings is 1. The Balaban J connectivity index is 2.96. The molecular weight excluding hydrogens is 281 g/mol. The van der Waals surface area contributed by atoms with E-state index in [2.05, 4.69) is 4.72 Å². The Kier molecular flexibility index (Phi) is 6.38. The van der Waals surface area contributed by atoms with Gasteiger partial charge in [-0.05, 0) is 43.1 Å². The molecule has 0 saturated carbocycles. The Morgan fingerprint density at radius 2 is 1.90 bits per heavy atom. The SMILES string of the molecule is CC(C)CNS(=O)(=O)N(CCCN)c1ccc(F)cc1. The van der Waals surface area contributed by atoms with Gasteiger partial charge in [0.05, 0.1) is 5.69 Å². The lowest BCUT2D eigenvalue weighted by Gasteiger charge is -2.25. The Morgan fingerprint density at radius 3 is 2.40 bits per heavy atom. The van der Waals surface area contributed by atoms with Crippen molar-refractivity contribution in [1.29, 1.82) is 0 Å². The zero-order valence-corrected chi connectivity index (χ0v) is 12.7. The van der Waals surface area contributed by atoms with E-state index in [4.69, 9.17) is 5.73 Å². The maximum atomic E-state index is 12.9. The second kappa shape index (κ2) is 7.56. The Labute approximate surface area is 120 Å². The number of hydrogen-bond donors (Lipinski definition) is 2. The van der Waals surface area contributed by atoms with Crippen LogP contribution in [0.2, 0.25) is 0 Å². The van der Waals surface area contributed by atoms with Crippen molar-refractivity contribution in [2.45, 2.75) is 20.3 Å². The first-order chi connectivity index (χ1) is 9.36. The van der Waals surface area contributed by atoms with Crippen LogP contribution in [0.3, 0.4) is 0 Å². The van der Waals surface area contributed by atoms with Crippen molar-refractivity contribution in [3.8, 4) is 0 Å². The lowest BCUT2D eigenvalue weighted by molar-refractivity contribution is 0.554. The zero-order chi connectivity index (χ0) is 15.2. The summed E-state index contributed by atoms with van der Waals surface area (Å²) >= 11 is 0. The molecule has 0 radical (unpaired) electrons. The summed E-state index contributed by atoms with van der Waals surface area (Å²) in [6.07, 6.45) is 0.528. The Morgan fingerprint density at radius 1 is 1.30 bits per heavy atom. The van der Waals surface area contributed by atoms with Crippen LogP contribution in [-0.2, 0) is 10.2 Å². The van der Waals surface area contributed by atoms with Crippen molar-refractivity contribution < 1.29 is 12.8 Å². The maximum absolute atomic E-state index is 12.9. The van der Waals surface area contributed by atoms with Crippen molar-refractivity contribution in [3.05, 3.63) is 30.1 Å². The van der Waals surface area contributed by atoms with Gasteiger partial charge >= 0.3 is 10.2 Å². The predicted molar refractivity (Wildman–Crippen MR) is 79.2 cm³/mol. The highest BCUT2D eigenvalue weighted by Crippen LogP contribution is 2.18. The molecule has 0 fully saturated rings. The minimum atomic E-state index is -3.65. The largest absolute Gasteiger partial charge is 0.330 e. The molecule has 0 spiro atoms. The van der Waals surface area contributed by atoms with Crippen LogP contribution < -0.4 is 14.8 Å². The highest BCUT2D eigenvalue weighted by molar-refractivity contribution is 7.90. The minimum absolute atomic E-state index is 0.203. The summed E-state index contributed by atoms with van der Waals surface area (Å²) in [6, 6.07) is 5.37. The normalized spacial score (nSPS) is 11.8. The van der Waals surface area contributed by atoms with E-state index in [9.17, 15) is 12.8 Å². The van der Waals surface area contributed by atoms with Gasteiger partial charge in [0.15, 0.2) is 0 Å². The van der Waals surface area contributed by atoms with Crippen LogP contribution in [0.4, 0.5) is 10.1 Å². The van der Waals surface area contributed by atoms with Crippen LogP contribution in [0.15, 0.2) is 24.3 Å². The third kappa shape index (κ3) is 5.07. The first-order valence-electron chi connectivity index (χ1n) is 6.59. The molecule has 0 atom stereocenters. The first-order valence-corrected chi connectivity index (χ1v) is 8.04. The van der Waals surface area contributed by atoms with Crippen molar-refractivity contribution in [2.24, 2.45) is 11.7 Å². The second-order valence-corrected chi connectivity index (χ2v) is 6.62. The van der Waals surface area contributed by atoms with Crippen LogP contribution in [-0.4, -0.2) is 28.1 Å². The minimum Gasteiger partial charge on any atom is -0.330 e. The summed E-state index contributed by atoms with van der Waals surface area (Å²) in [6.45, 7) is 4.84. The highest BCUT2D eigenvalue weighted by atomic mass is 32.2. The average Bonchev–Trinajstić information content (AvgIpc) is 2.39. The molecule has 7 heteroatoms. The third-order valence-electron chi connectivity index (χ3n) is 2.64. The van der Waals surface area contributed by atoms with Crippen LogP contribution in [0.25, 0.3) is 0 Å². The summed E-state index contributed by atoms with van der Waals surface area (Å²) in [5.74, 6) is -0.200. The fourth-order valence-corrected chi connectivity index (χ4v) is 3.05. The predicted octanol–water partition coefficient (Wildman–Crippen LogP) is 1.47. The van der Waals surface area contributed by atoms with Crippen molar-refractivity contribution in [1.82, 2.24) is 4.72 Å². The summed E-state index contributed by atoms with van der Waals surface area (Å²) in [5.41, 5.74) is 5.87. The summed E-state index contributed by atoms with van der Waals surface area (Å²) in [4.78, 5) is 0. The Hall–Kier alpha value is -1.18. The van der Waals surface area contributed by atoms with Gasteiger partial charge in [0.25, 0.3) is 0 Å². The van der Waals surface area contributed by atoms with E-state index in [1.807, 2.05) is 13.8 Å². The van der Waals surface area contributed by atoms with Crippen molar-refractivity contribution in [2.75, 3.05) is 23.9 Å². The molecule has 20 heavy (non-hydrogen) atoms. The molecule has 0 saturated heterocycles. The zero-order valence-electron chi connectivity index (χ0n) is 11.8. The lowest BCUT2D eigenvalue weighted by Crippen LogP contribution is -2.43. The van der Waals surface area contributed by atoms with Gasteiger partial charge in [-0.3, -0.25) is 4.31 Å². The molecule has 0 aliphatic carbocycles. The molecule has 1 rings (SSSR count). The van der Waals surface area contributed by atoms with Gasteiger partial charge in [-0.15, -0.1) is 0 Å². The van der Waals surface area contributed by atoms with E-state index < -0.39 is 16.0 Å². The van der Waals surface area contributed by atoms with Gasteiger partial charge in [-0.25, -0.2) is 4.39 Å². The van der Waals surface area contributed by atoms with Crippen LogP contribution in [0.1, 0.15) is 20.3 Å². The van der Waals surface area contributed by atoms with Gasteiger partial charge < -0.3 is 5.73 Å². The molecule has 0 heterocycles. The van der Waals surface area contributed by atoms with Gasteiger partial charge in [0.2, 0.25) is 0 Å². The van der Waals surface area contributed by atoms with E-state index in [1.165, 1.54) is 28.6 Å². The first kappa shape index (κ1) is 16.9. The Bertz CT molecular complexity index is 503. The summed E-state index contributed by atoms with van der Waals surface area (Å²) in [7, 11) is -3.65. The molecule has 0 aliphatic heterocycles. The second-order valence-electron chi connectivity index (χ2n) is 4.94. The number of rotatable bonds is 8. The highest BCUT2D eigenvalue weighted by Gasteiger charge is 2.21. The van der Waals surface area contributed by atoms with Gasteiger partial charge in [-0.2, -0.15) is 13.1 Å². The number of nitrogens with two attached hydrogens (primary N) is 1. The number of nitrogens with one attached hydrogen (secondary N) is 1. The smallest absolute Gasteiger partial charge is 0.301 e. The monoisotopic (exact) mass is 303 g/mol. The molecule has 0 aromatic heterocycles. The fourth-order valence-electron chi connectivity index (χ4n) is 1.58. The summed E-state index contributed by atoms with van der Waals surface area (Å²) < 4.78 is 41.3. The van der Waals surface area contributed by atoms with E-state index in [0.29, 0.717) is 25.2 Å². The van der Waals surface area contributed by atoms with Crippen LogP contribution in [0.5, 0.6) is 0 Å². The molecular formula is C13H22FN3O2S. The van der Waals surface area contributed by atoms with E-state index >= 15 is 0 Å². The van der Waals surface area contributed by atoms with Gasteiger partial charge in [0, 0.05) is 13.1 Å². The number of anilines is 1. The molecule has 0 aliphatic rings. The molecule has 0 bridgehead atoms. The average molecular weight is 303 g/mol. The number of nitrogens with zero attached hydrogens (tertiary/aromatic N) is 1. The third-order valence-corrected chi connectivity index (χ3v) is 4.15. The number of halogens is 1.